The molecule has 3 nitrogen and oxygen atoms in total. The number of rotatable bonds is 3. The summed E-state index contributed by atoms with van der Waals surface area (Å²) in [6.45, 7) is 1.71. The zero-order valence-electron chi connectivity index (χ0n) is 12.1. The predicted octanol–water partition coefficient (Wildman–Crippen LogP) is 4.37. The van der Waals surface area contributed by atoms with Crippen LogP contribution in [0, 0.1) is 5.82 Å². The van der Waals surface area contributed by atoms with Gasteiger partial charge in [-0.15, -0.1) is 12.4 Å². The molecule has 2 rings (SSSR count). The van der Waals surface area contributed by atoms with Gasteiger partial charge in [0.25, 0.3) is 0 Å². The Morgan fingerprint density at radius 3 is 2.55 bits per heavy atom. The van der Waals surface area contributed by atoms with Crippen molar-refractivity contribution >= 4 is 30.0 Å². The highest BCUT2D eigenvalue weighted by Crippen LogP contribution is 2.31. The molecule has 1 atom stereocenters. The van der Waals surface area contributed by atoms with Crippen molar-refractivity contribution in [3.05, 3.63) is 58.4 Å². The van der Waals surface area contributed by atoms with E-state index in [-0.39, 0.29) is 23.0 Å². The van der Waals surface area contributed by atoms with Crippen LogP contribution < -0.4 is 5.73 Å². The number of nitrogens with two attached hydrogens (primary N) is 1. The molecule has 22 heavy (non-hydrogen) atoms. The summed E-state index contributed by atoms with van der Waals surface area (Å²) in [5, 5.41) is 0.260. The average Bonchev–Trinajstić information content (AvgIpc) is 2.45. The number of ether oxygens (including phenoxy) is 1. The summed E-state index contributed by atoms with van der Waals surface area (Å²) in [5.41, 5.74) is 7.39. The molecule has 0 fully saturated rings. The number of esters is 1. The number of carbonyl (C=O) groups is 1. The lowest BCUT2D eigenvalue weighted by atomic mass is 9.97. The van der Waals surface area contributed by atoms with E-state index in [0.717, 1.165) is 0 Å². The molecule has 0 spiro atoms. The molecule has 0 saturated carbocycles. The van der Waals surface area contributed by atoms with E-state index < -0.39 is 17.8 Å². The fraction of sp³-hybridized carbons (Fsp3) is 0.188. The maximum absolute atomic E-state index is 14.1. The molecular weight excluding hydrogens is 328 g/mol. The van der Waals surface area contributed by atoms with E-state index in [4.69, 9.17) is 22.1 Å². The first-order valence-electron chi connectivity index (χ1n) is 6.38. The molecular formula is C16H16Cl2FNO2. The van der Waals surface area contributed by atoms with Gasteiger partial charge in [0.1, 0.15) is 5.82 Å². The minimum atomic E-state index is -0.563. The minimum Gasteiger partial charge on any atom is -0.465 e. The van der Waals surface area contributed by atoms with Crippen LogP contribution >= 0.6 is 24.0 Å². The molecule has 0 bridgehead atoms. The molecule has 0 radical (unpaired) electrons. The number of hydrogen-bond donors (Lipinski definition) is 1. The Labute approximate surface area is 139 Å². The number of hydrogen-bond acceptors (Lipinski definition) is 3. The number of methoxy groups -OCH3 is 1. The van der Waals surface area contributed by atoms with E-state index in [9.17, 15) is 9.18 Å². The van der Waals surface area contributed by atoms with E-state index in [1.165, 1.54) is 13.2 Å². The van der Waals surface area contributed by atoms with E-state index >= 15 is 0 Å². The van der Waals surface area contributed by atoms with Gasteiger partial charge in [-0.25, -0.2) is 9.18 Å². The van der Waals surface area contributed by atoms with Crippen LogP contribution in [-0.2, 0) is 4.74 Å². The molecule has 118 valence electrons. The second kappa shape index (κ2) is 7.58. The van der Waals surface area contributed by atoms with Crippen LogP contribution in [0.1, 0.15) is 28.9 Å². The minimum absolute atomic E-state index is 0. The molecule has 0 saturated heterocycles. The molecule has 2 aromatic carbocycles. The van der Waals surface area contributed by atoms with Gasteiger partial charge in [0.2, 0.25) is 0 Å². The van der Waals surface area contributed by atoms with Crippen LogP contribution in [0.3, 0.4) is 0 Å². The molecule has 6 heteroatoms. The largest absolute Gasteiger partial charge is 0.465 e. The summed E-state index contributed by atoms with van der Waals surface area (Å²) in [5.74, 6) is -0.981. The van der Waals surface area contributed by atoms with Crippen LogP contribution in [-0.4, -0.2) is 13.1 Å². The monoisotopic (exact) mass is 343 g/mol. The van der Waals surface area contributed by atoms with Crippen molar-refractivity contribution < 1.29 is 13.9 Å². The third kappa shape index (κ3) is 3.58. The summed E-state index contributed by atoms with van der Waals surface area (Å²) in [6.07, 6.45) is 0. The lowest BCUT2D eigenvalue weighted by molar-refractivity contribution is 0.0602. The molecule has 0 unspecified atom stereocenters. The quantitative estimate of drug-likeness (QED) is 0.841. The molecule has 0 aliphatic heterocycles. The first kappa shape index (κ1) is 18.4. The molecule has 2 N–H and O–H groups in total. The number of benzene rings is 2. The topological polar surface area (TPSA) is 52.3 Å². The van der Waals surface area contributed by atoms with Crippen molar-refractivity contribution in [3.8, 4) is 11.1 Å². The standard InChI is InChI=1S/C16H15ClFNO2.ClH/c1-9(19)11-7-6-10(8-14(11)18)12-4-3-5-13(17)15(12)16(20)21-2;/h3-9H,19H2,1-2H3;1H/t9-;/m1./s1. The molecule has 0 heterocycles. The smallest absolute Gasteiger partial charge is 0.340 e. The van der Waals surface area contributed by atoms with Crippen LogP contribution in [0.5, 0.6) is 0 Å². The lowest BCUT2D eigenvalue weighted by Gasteiger charge is -2.12. The van der Waals surface area contributed by atoms with Gasteiger partial charge in [0.15, 0.2) is 0 Å². The predicted molar refractivity (Wildman–Crippen MR) is 88.0 cm³/mol. The summed E-state index contributed by atoms with van der Waals surface area (Å²) < 4.78 is 18.8. The average molecular weight is 344 g/mol. The maximum atomic E-state index is 14.1. The molecule has 0 aromatic heterocycles. The second-order valence-electron chi connectivity index (χ2n) is 4.68. The SMILES string of the molecule is COC(=O)c1c(Cl)cccc1-c1ccc([C@@H](C)N)c(F)c1.Cl. The van der Waals surface area contributed by atoms with E-state index in [2.05, 4.69) is 0 Å². The van der Waals surface area contributed by atoms with Crippen molar-refractivity contribution in [2.45, 2.75) is 13.0 Å². The summed E-state index contributed by atoms with van der Waals surface area (Å²) in [4.78, 5) is 11.9. The Bertz CT molecular complexity index is 690. The van der Waals surface area contributed by atoms with Crippen LogP contribution in [0.2, 0.25) is 5.02 Å². The van der Waals surface area contributed by atoms with Crippen molar-refractivity contribution in [1.29, 1.82) is 0 Å². The van der Waals surface area contributed by atoms with Gasteiger partial charge in [0.05, 0.1) is 17.7 Å². The third-order valence-electron chi connectivity index (χ3n) is 3.21. The van der Waals surface area contributed by atoms with Gasteiger partial charge in [-0.05, 0) is 30.2 Å². The Morgan fingerprint density at radius 1 is 1.32 bits per heavy atom. The van der Waals surface area contributed by atoms with Crippen molar-refractivity contribution in [3.63, 3.8) is 0 Å². The van der Waals surface area contributed by atoms with Gasteiger partial charge in [0, 0.05) is 11.6 Å². The summed E-state index contributed by atoms with van der Waals surface area (Å²) >= 11 is 6.06. The van der Waals surface area contributed by atoms with E-state index in [1.807, 2.05) is 0 Å². The molecule has 2 aromatic rings. The van der Waals surface area contributed by atoms with E-state index in [0.29, 0.717) is 16.7 Å². The van der Waals surface area contributed by atoms with Gasteiger partial charge < -0.3 is 10.5 Å². The van der Waals surface area contributed by atoms with Crippen LogP contribution in [0.4, 0.5) is 4.39 Å². The third-order valence-corrected chi connectivity index (χ3v) is 3.52. The fourth-order valence-electron chi connectivity index (χ4n) is 2.14. The second-order valence-corrected chi connectivity index (χ2v) is 5.09. The van der Waals surface area contributed by atoms with Crippen LogP contribution in [0.25, 0.3) is 11.1 Å². The van der Waals surface area contributed by atoms with Crippen LogP contribution in [0.15, 0.2) is 36.4 Å². The van der Waals surface area contributed by atoms with Crippen molar-refractivity contribution in [2.75, 3.05) is 7.11 Å². The molecule has 0 amide bonds. The first-order chi connectivity index (χ1) is 9.95. The van der Waals surface area contributed by atoms with Gasteiger partial charge >= 0.3 is 5.97 Å². The number of carbonyl (C=O) groups excluding carboxylic acids is 1. The van der Waals surface area contributed by atoms with Gasteiger partial charge in [-0.3, -0.25) is 0 Å². The van der Waals surface area contributed by atoms with Crippen molar-refractivity contribution in [1.82, 2.24) is 0 Å². The normalized spacial score (nSPS) is 11.5. The van der Waals surface area contributed by atoms with Gasteiger partial charge in [-0.2, -0.15) is 0 Å². The highest BCUT2D eigenvalue weighted by Gasteiger charge is 2.18. The summed E-state index contributed by atoms with van der Waals surface area (Å²) in [7, 11) is 1.27. The van der Waals surface area contributed by atoms with Gasteiger partial charge in [-0.1, -0.05) is 35.9 Å². The molecule has 0 aliphatic carbocycles. The van der Waals surface area contributed by atoms with Crippen molar-refractivity contribution in [2.24, 2.45) is 5.73 Å². The lowest BCUT2D eigenvalue weighted by Crippen LogP contribution is -2.08. The van der Waals surface area contributed by atoms with E-state index in [1.54, 1.807) is 37.3 Å². The Hall–Kier alpha value is -1.62. The number of halogens is 3. The first-order valence-corrected chi connectivity index (χ1v) is 6.75. The summed E-state index contributed by atoms with van der Waals surface area (Å²) in [6, 6.07) is 9.23. The Balaban J connectivity index is 0.00000242. The fourth-order valence-corrected chi connectivity index (χ4v) is 2.39. The highest BCUT2D eigenvalue weighted by atomic mass is 35.5. The molecule has 0 aliphatic rings. The zero-order chi connectivity index (χ0) is 15.6. The highest BCUT2D eigenvalue weighted by molar-refractivity contribution is 6.34. The Kier molecular flexibility index (Phi) is 6.35. The maximum Gasteiger partial charge on any atom is 0.340 e. The Morgan fingerprint density at radius 2 is 2.00 bits per heavy atom. The zero-order valence-corrected chi connectivity index (χ0v) is 13.7.